The quantitative estimate of drug-likeness (QED) is 0.794. The van der Waals surface area contributed by atoms with Crippen molar-refractivity contribution >= 4 is 17.2 Å². The molecule has 3 N–H and O–H groups in total. The predicted octanol–water partition coefficient (Wildman–Crippen LogP) is 1.20. The van der Waals surface area contributed by atoms with E-state index in [9.17, 15) is 4.79 Å². The molecule has 0 saturated carbocycles. The molecule has 0 bridgehead atoms. The third-order valence-electron chi connectivity index (χ3n) is 2.02. The van der Waals surface area contributed by atoms with E-state index in [1.807, 2.05) is 13.8 Å². The predicted molar refractivity (Wildman–Crippen MR) is 61.6 cm³/mol. The first-order chi connectivity index (χ1) is 7.13. The molecule has 1 heterocycles. The molecule has 1 amide bonds. The van der Waals surface area contributed by atoms with Crippen LogP contribution in [0.25, 0.3) is 0 Å². The van der Waals surface area contributed by atoms with Gasteiger partial charge >= 0.3 is 0 Å². The molecule has 15 heavy (non-hydrogen) atoms. The summed E-state index contributed by atoms with van der Waals surface area (Å²) in [5, 5.41) is 3.70. The molecule has 0 aromatic carbocycles. The Balaban J connectivity index is 2.34. The molecule has 0 aliphatic heterocycles. The van der Waals surface area contributed by atoms with E-state index in [1.54, 1.807) is 17.5 Å². The van der Waals surface area contributed by atoms with Crippen LogP contribution in [0.1, 0.15) is 29.7 Å². The van der Waals surface area contributed by atoms with Crippen LogP contribution in [-0.4, -0.2) is 16.9 Å². The summed E-state index contributed by atoms with van der Waals surface area (Å²) >= 11 is 1.59. The summed E-state index contributed by atoms with van der Waals surface area (Å²) in [6, 6.07) is -0.393. The first-order valence-electron chi connectivity index (χ1n) is 5.08. The van der Waals surface area contributed by atoms with E-state index in [-0.39, 0.29) is 5.91 Å². The summed E-state index contributed by atoms with van der Waals surface area (Å²) in [6.45, 7) is 4.48. The van der Waals surface area contributed by atoms with Gasteiger partial charge in [0.15, 0.2) is 0 Å². The number of nitrogens with zero attached hydrogens (tertiary/aromatic N) is 1. The molecular weight excluding hydrogens is 210 g/mol. The van der Waals surface area contributed by atoms with Crippen molar-refractivity contribution in [3.63, 3.8) is 0 Å². The van der Waals surface area contributed by atoms with E-state index in [0.29, 0.717) is 6.54 Å². The van der Waals surface area contributed by atoms with Crippen molar-refractivity contribution in [3.8, 4) is 0 Å². The van der Waals surface area contributed by atoms with Crippen molar-refractivity contribution in [2.45, 2.75) is 39.3 Å². The number of hydrogen-bond donors (Lipinski definition) is 2. The fourth-order valence-electron chi connectivity index (χ4n) is 1.22. The molecule has 0 unspecified atom stereocenters. The number of aromatic nitrogens is 1. The minimum Gasteiger partial charge on any atom is -0.348 e. The average Bonchev–Trinajstić information content (AvgIpc) is 2.61. The lowest BCUT2D eigenvalue weighted by molar-refractivity contribution is -0.122. The van der Waals surface area contributed by atoms with E-state index < -0.39 is 6.04 Å². The molecule has 0 aliphatic carbocycles. The van der Waals surface area contributed by atoms with Crippen LogP contribution in [0.3, 0.4) is 0 Å². The van der Waals surface area contributed by atoms with Crippen LogP contribution in [0.2, 0.25) is 0 Å². The number of amides is 1. The van der Waals surface area contributed by atoms with Crippen molar-refractivity contribution < 1.29 is 4.79 Å². The number of nitrogens with one attached hydrogen (secondary N) is 1. The molecule has 0 spiro atoms. The molecule has 1 atom stereocenters. The Kier molecular flexibility index (Phi) is 4.71. The Morgan fingerprint density at radius 3 is 3.00 bits per heavy atom. The van der Waals surface area contributed by atoms with Gasteiger partial charge in [-0.25, -0.2) is 4.98 Å². The molecule has 1 aromatic heterocycles. The van der Waals surface area contributed by atoms with Crippen LogP contribution in [0.15, 0.2) is 6.20 Å². The highest BCUT2D eigenvalue weighted by Crippen LogP contribution is 2.10. The van der Waals surface area contributed by atoms with Crippen molar-refractivity contribution in [1.29, 1.82) is 0 Å². The Hall–Kier alpha value is -0.940. The molecule has 0 saturated heterocycles. The van der Waals surface area contributed by atoms with Crippen LogP contribution in [0.4, 0.5) is 0 Å². The minimum atomic E-state index is -0.393. The Morgan fingerprint density at radius 1 is 1.73 bits per heavy atom. The second-order valence-corrected chi connectivity index (χ2v) is 4.80. The summed E-state index contributed by atoms with van der Waals surface area (Å²) in [5.41, 5.74) is 5.67. The average molecular weight is 227 g/mol. The van der Waals surface area contributed by atoms with Gasteiger partial charge in [-0.2, -0.15) is 0 Å². The lowest BCUT2D eigenvalue weighted by atomic mass is 10.2. The molecule has 0 fully saturated rings. The molecular formula is C10H17N3OS. The van der Waals surface area contributed by atoms with Crippen molar-refractivity contribution in [2.24, 2.45) is 5.73 Å². The molecule has 5 heteroatoms. The zero-order valence-corrected chi connectivity index (χ0v) is 9.93. The highest BCUT2D eigenvalue weighted by molar-refractivity contribution is 7.11. The van der Waals surface area contributed by atoms with Gasteiger partial charge in [-0.15, -0.1) is 11.3 Å². The van der Waals surface area contributed by atoms with Crippen LogP contribution >= 0.6 is 11.3 Å². The van der Waals surface area contributed by atoms with E-state index in [4.69, 9.17) is 5.73 Å². The van der Waals surface area contributed by atoms with Crippen LogP contribution in [0.5, 0.6) is 0 Å². The number of nitrogens with two attached hydrogens (primary N) is 1. The summed E-state index contributed by atoms with van der Waals surface area (Å²) < 4.78 is 0. The van der Waals surface area contributed by atoms with Crippen molar-refractivity contribution in [1.82, 2.24) is 10.3 Å². The van der Waals surface area contributed by atoms with Crippen LogP contribution in [-0.2, 0) is 11.3 Å². The SMILES string of the molecule is CCC[C@H](N)C(=O)NCc1ncc(C)s1. The van der Waals surface area contributed by atoms with E-state index >= 15 is 0 Å². The summed E-state index contributed by atoms with van der Waals surface area (Å²) in [4.78, 5) is 16.8. The van der Waals surface area contributed by atoms with Gasteiger partial charge in [0.1, 0.15) is 5.01 Å². The Bertz CT molecular complexity index is 324. The third kappa shape index (κ3) is 3.97. The molecule has 0 radical (unpaired) electrons. The minimum absolute atomic E-state index is 0.0929. The highest BCUT2D eigenvalue weighted by atomic mass is 32.1. The topological polar surface area (TPSA) is 68.0 Å². The monoisotopic (exact) mass is 227 g/mol. The lowest BCUT2D eigenvalue weighted by Crippen LogP contribution is -2.40. The van der Waals surface area contributed by atoms with Crippen molar-refractivity contribution in [3.05, 3.63) is 16.1 Å². The molecule has 0 aliphatic rings. The second-order valence-electron chi connectivity index (χ2n) is 3.48. The van der Waals surface area contributed by atoms with E-state index in [0.717, 1.165) is 22.7 Å². The van der Waals surface area contributed by atoms with Gasteiger partial charge in [-0.3, -0.25) is 4.79 Å². The fraction of sp³-hybridized carbons (Fsp3) is 0.600. The first kappa shape index (κ1) is 12.1. The number of aryl methyl sites for hydroxylation is 1. The van der Waals surface area contributed by atoms with Gasteiger partial charge in [0.05, 0.1) is 12.6 Å². The van der Waals surface area contributed by atoms with Crippen LogP contribution in [0, 0.1) is 6.92 Å². The third-order valence-corrected chi connectivity index (χ3v) is 2.93. The first-order valence-corrected chi connectivity index (χ1v) is 5.89. The lowest BCUT2D eigenvalue weighted by Gasteiger charge is -2.09. The maximum atomic E-state index is 11.5. The molecule has 4 nitrogen and oxygen atoms in total. The zero-order chi connectivity index (χ0) is 11.3. The summed E-state index contributed by atoms with van der Waals surface area (Å²) in [5.74, 6) is -0.0929. The van der Waals surface area contributed by atoms with Gasteiger partial charge in [0.2, 0.25) is 5.91 Å². The molecule has 1 aromatic rings. The maximum absolute atomic E-state index is 11.5. The fourth-order valence-corrected chi connectivity index (χ4v) is 1.95. The van der Waals surface area contributed by atoms with Gasteiger partial charge in [0.25, 0.3) is 0 Å². The number of thiazole rings is 1. The Labute approximate surface area is 93.9 Å². The maximum Gasteiger partial charge on any atom is 0.237 e. The second kappa shape index (κ2) is 5.82. The van der Waals surface area contributed by atoms with E-state index in [1.165, 1.54) is 0 Å². The zero-order valence-electron chi connectivity index (χ0n) is 9.12. The molecule has 84 valence electrons. The van der Waals surface area contributed by atoms with Crippen LogP contribution < -0.4 is 11.1 Å². The van der Waals surface area contributed by atoms with Gasteiger partial charge < -0.3 is 11.1 Å². The normalized spacial score (nSPS) is 12.5. The number of carbonyl (C=O) groups is 1. The summed E-state index contributed by atoms with van der Waals surface area (Å²) in [7, 11) is 0. The van der Waals surface area contributed by atoms with Gasteiger partial charge in [0, 0.05) is 11.1 Å². The van der Waals surface area contributed by atoms with Gasteiger partial charge in [-0.05, 0) is 13.3 Å². The van der Waals surface area contributed by atoms with Gasteiger partial charge in [-0.1, -0.05) is 13.3 Å². The number of carbonyl (C=O) groups excluding carboxylic acids is 1. The van der Waals surface area contributed by atoms with Crippen molar-refractivity contribution in [2.75, 3.05) is 0 Å². The largest absolute Gasteiger partial charge is 0.348 e. The Morgan fingerprint density at radius 2 is 2.47 bits per heavy atom. The smallest absolute Gasteiger partial charge is 0.237 e. The number of hydrogen-bond acceptors (Lipinski definition) is 4. The number of rotatable bonds is 5. The van der Waals surface area contributed by atoms with E-state index in [2.05, 4.69) is 10.3 Å². The highest BCUT2D eigenvalue weighted by Gasteiger charge is 2.11. The molecule has 1 rings (SSSR count). The summed E-state index contributed by atoms with van der Waals surface area (Å²) in [6.07, 6.45) is 3.45. The standard InChI is InChI=1S/C10H17N3OS/c1-3-4-8(11)10(14)13-6-9-12-5-7(2)15-9/h5,8H,3-4,6,11H2,1-2H3,(H,13,14)/t8-/m0/s1.